The first-order valence-electron chi connectivity index (χ1n) is 4.95. The molecule has 0 aliphatic carbocycles. The van der Waals surface area contributed by atoms with Crippen LogP contribution < -0.4 is 9.80 Å². The molecule has 0 atom stereocenters. The molecule has 0 saturated heterocycles. The van der Waals surface area contributed by atoms with E-state index >= 15 is 0 Å². The summed E-state index contributed by atoms with van der Waals surface area (Å²) >= 11 is 0. The molecule has 0 radical (unpaired) electrons. The van der Waals surface area contributed by atoms with Gasteiger partial charge in [-0.1, -0.05) is 6.58 Å². The molecular weight excluding hydrogens is 204 g/mol. The Kier molecular flexibility index (Phi) is 2.34. The second-order valence-corrected chi connectivity index (χ2v) is 3.73. The van der Waals surface area contributed by atoms with E-state index in [1.165, 1.54) is 7.11 Å². The fourth-order valence-corrected chi connectivity index (χ4v) is 1.82. The number of rotatable bonds is 1. The molecule has 16 heavy (non-hydrogen) atoms. The Labute approximate surface area is 94.7 Å². The summed E-state index contributed by atoms with van der Waals surface area (Å²) < 4.78 is 4.69. The highest BCUT2D eigenvalue weighted by atomic mass is 16.5. The molecule has 1 aromatic carbocycles. The van der Waals surface area contributed by atoms with Crippen molar-refractivity contribution in [3.05, 3.63) is 36.2 Å². The number of carbonyl (C=O) groups excluding carboxylic acids is 1. The number of anilines is 2. The highest BCUT2D eigenvalue weighted by Gasteiger charge is 2.25. The fourth-order valence-electron chi connectivity index (χ4n) is 1.82. The van der Waals surface area contributed by atoms with Crippen LogP contribution in [0.5, 0.6) is 0 Å². The number of fused-ring (bicyclic) bond motifs is 1. The molecule has 0 amide bonds. The third-order valence-electron chi connectivity index (χ3n) is 2.89. The van der Waals surface area contributed by atoms with Crippen LogP contribution in [-0.2, 0) is 4.74 Å². The topological polar surface area (TPSA) is 32.8 Å². The highest BCUT2D eigenvalue weighted by molar-refractivity contribution is 5.94. The average Bonchev–Trinajstić information content (AvgIpc) is 2.53. The molecule has 84 valence electrons. The minimum atomic E-state index is -0.323. The Bertz CT molecular complexity index is 468. The van der Waals surface area contributed by atoms with Crippen LogP contribution in [0.4, 0.5) is 11.4 Å². The van der Waals surface area contributed by atoms with E-state index in [4.69, 9.17) is 4.74 Å². The maximum Gasteiger partial charge on any atom is 0.337 e. The number of nitrogens with zero attached hydrogens (tertiary/aromatic N) is 2. The number of carbonyl (C=O) groups is 1. The lowest BCUT2D eigenvalue weighted by Crippen LogP contribution is -2.20. The number of esters is 1. The van der Waals surface area contributed by atoms with Crippen molar-refractivity contribution < 1.29 is 9.53 Å². The summed E-state index contributed by atoms with van der Waals surface area (Å²) in [7, 11) is 5.25. The smallest absolute Gasteiger partial charge is 0.337 e. The quantitative estimate of drug-likeness (QED) is 0.673. The van der Waals surface area contributed by atoms with Crippen molar-refractivity contribution in [2.75, 3.05) is 31.0 Å². The van der Waals surface area contributed by atoms with Gasteiger partial charge in [-0.3, -0.25) is 0 Å². The molecule has 1 heterocycles. The third-order valence-corrected chi connectivity index (χ3v) is 2.89. The monoisotopic (exact) mass is 218 g/mol. The van der Waals surface area contributed by atoms with Gasteiger partial charge in [0.05, 0.1) is 24.0 Å². The summed E-state index contributed by atoms with van der Waals surface area (Å²) in [5, 5.41) is 0. The molecule has 0 fully saturated rings. The van der Waals surface area contributed by atoms with Crippen LogP contribution in [0, 0.1) is 0 Å². The van der Waals surface area contributed by atoms with Gasteiger partial charge < -0.3 is 14.5 Å². The van der Waals surface area contributed by atoms with Crippen LogP contribution >= 0.6 is 0 Å². The van der Waals surface area contributed by atoms with Crippen molar-refractivity contribution in [3.63, 3.8) is 0 Å². The number of hydrogen-bond acceptors (Lipinski definition) is 4. The number of methoxy groups -OCH3 is 1. The zero-order valence-corrected chi connectivity index (χ0v) is 9.65. The molecule has 0 N–H and O–H groups in total. The van der Waals surface area contributed by atoms with Crippen molar-refractivity contribution in [3.8, 4) is 0 Å². The van der Waals surface area contributed by atoms with Crippen LogP contribution in [-0.4, -0.2) is 27.2 Å². The van der Waals surface area contributed by atoms with Crippen molar-refractivity contribution in [2.45, 2.75) is 0 Å². The third kappa shape index (κ3) is 1.34. The van der Waals surface area contributed by atoms with Gasteiger partial charge in [0.1, 0.15) is 5.82 Å². The lowest BCUT2D eigenvalue weighted by molar-refractivity contribution is 0.0601. The second-order valence-electron chi connectivity index (χ2n) is 3.73. The molecule has 2 rings (SSSR count). The number of benzene rings is 1. The van der Waals surface area contributed by atoms with Gasteiger partial charge in [-0.2, -0.15) is 0 Å². The van der Waals surface area contributed by atoms with Gasteiger partial charge in [0.2, 0.25) is 0 Å². The minimum absolute atomic E-state index is 0.323. The molecule has 0 unspecified atom stereocenters. The number of hydrogen-bond donors (Lipinski definition) is 0. The Hall–Kier alpha value is -1.97. The molecule has 0 spiro atoms. The van der Waals surface area contributed by atoms with E-state index in [1.54, 1.807) is 6.07 Å². The summed E-state index contributed by atoms with van der Waals surface area (Å²) in [5.41, 5.74) is 2.56. The molecule has 4 nitrogen and oxygen atoms in total. The summed E-state index contributed by atoms with van der Waals surface area (Å²) in [5.74, 6) is 0.563. The maximum atomic E-state index is 11.4. The zero-order chi connectivity index (χ0) is 11.9. The van der Waals surface area contributed by atoms with Gasteiger partial charge in [-0.05, 0) is 18.2 Å². The predicted octanol–water partition coefficient (Wildman–Crippen LogP) is 1.83. The van der Waals surface area contributed by atoms with Crippen molar-refractivity contribution in [2.24, 2.45) is 0 Å². The van der Waals surface area contributed by atoms with Crippen LogP contribution in [0.1, 0.15) is 10.4 Å². The molecule has 0 saturated carbocycles. The highest BCUT2D eigenvalue weighted by Crippen LogP contribution is 2.39. The molecule has 1 aromatic rings. The van der Waals surface area contributed by atoms with E-state index in [9.17, 15) is 4.79 Å². The van der Waals surface area contributed by atoms with Gasteiger partial charge in [-0.15, -0.1) is 0 Å². The van der Waals surface area contributed by atoms with E-state index in [1.807, 2.05) is 36.0 Å². The van der Waals surface area contributed by atoms with E-state index in [0.717, 1.165) is 17.2 Å². The Morgan fingerprint density at radius 3 is 2.50 bits per heavy atom. The predicted molar refractivity (Wildman–Crippen MR) is 63.7 cm³/mol. The average molecular weight is 218 g/mol. The molecule has 0 aromatic heterocycles. The maximum absolute atomic E-state index is 11.4. The SMILES string of the molecule is C=C1N(C)c2ccc(C(=O)OC)cc2N1C. The first-order valence-corrected chi connectivity index (χ1v) is 4.95. The molecule has 0 bridgehead atoms. The Balaban J connectivity index is 2.49. The summed E-state index contributed by atoms with van der Waals surface area (Å²) in [6.45, 7) is 3.96. The number of ether oxygens (including phenoxy) is 1. The standard InChI is InChI=1S/C12H14N2O2/c1-8-13(2)10-6-5-9(12(15)16-4)7-11(10)14(8)3/h5-7H,1H2,2-4H3. The van der Waals surface area contributed by atoms with Crippen LogP contribution in [0.25, 0.3) is 0 Å². The Morgan fingerprint density at radius 2 is 1.88 bits per heavy atom. The summed E-state index contributed by atoms with van der Waals surface area (Å²) in [6, 6.07) is 5.47. The van der Waals surface area contributed by atoms with E-state index in [2.05, 4.69) is 6.58 Å². The molecule has 1 aliphatic heterocycles. The van der Waals surface area contributed by atoms with Crippen molar-refractivity contribution in [1.29, 1.82) is 0 Å². The first-order chi connectivity index (χ1) is 7.56. The molecule has 4 heteroatoms. The largest absolute Gasteiger partial charge is 0.465 e. The molecule has 1 aliphatic rings. The van der Waals surface area contributed by atoms with Crippen molar-refractivity contribution in [1.82, 2.24) is 0 Å². The van der Waals surface area contributed by atoms with Gasteiger partial charge in [0.25, 0.3) is 0 Å². The minimum Gasteiger partial charge on any atom is -0.465 e. The second kappa shape index (κ2) is 3.56. The van der Waals surface area contributed by atoms with E-state index < -0.39 is 0 Å². The van der Waals surface area contributed by atoms with Gasteiger partial charge in [0.15, 0.2) is 0 Å². The van der Waals surface area contributed by atoms with E-state index in [0.29, 0.717) is 5.56 Å². The lowest BCUT2D eigenvalue weighted by atomic mass is 10.1. The fraction of sp³-hybridized carbons (Fsp3) is 0.250. The summed E-state index contributed by atoms with van der Waals surface area (Å²) in [6.07, 6.45) is 0. The van der Waals surface area contributed by atoms with E-state index in [-0.39, 0.29) is 5.97 Å². The van der Waals surface area contributed by atoms with Gasteiger partial charge in [0, 0.05) is 14.1 Å². The normalized spacial score (nSPS) is 14.1. The molecular formula is C12H14N2O2. The van der Waals surface area contributed by atoms with Gasteiger partial charge >= 0.3 is 5.97 Å². The van der Waals surface area contributed by atoms with Crippen molar-refractivity contribution >= 4 is 17.3 Å². The lowest BCUT2D eigenvalue weighted by Gasteiger charge is -2.15. The first kappa shape index (κ1) is 10.5. The Morgan fingerprint density at radius 1 is 1.25 bits per heavy atom. The van der Waals surface area contributed by atoms with Crippen LogP contribution in [0.15, 0.2) is 30.6 Å². The van der Waals surface area contributed by atoms with Gasteiger partial charge in [-0.25, -0.2) is 4.79 Å². The van der Waals surface area contributed by atoms with Crippen LogP contribution in [0.3, 0.4) is 0 Å². The zero-order valence-electron chi connectivity index (χ0n) is 9.65. The van der Waals surface area contributed by atoms with Crippen LogP contribution in [0.2, 0.25) is 0 Å². The summed E-state index contributed by atoms with van der Waals surface area (Å²) in [4.78, 5) is 15.3.